The third-order valence-electron chi connectivity index (χ3n) is 6.62. The van der Waals surface area contributed by atoms with Gasteiger partial charge < -0.3 is 38.5 Å². The van der Waals surface area contributed by atoms with Crippen LogP contribution in [-0.4, -0.2) is 0 Å². The van der Waals surface area contributed by atoms with Gasteiger partial charge in [-0.3, -0.25) is 23.7 Å². The Hall–Kier alpha value is 1.48. The van der Waals surface area contributed by atoms with Crippen molar-refractivity contribution in [1.29, 1.82) is 0 Å². The standard InChI is InChI=1S/2C13H10.4C5H7.6C2H6.2CH3.10W/c2*1-3-7-12-10(5-1)9-11-6-2-4-8-13(11)12;4*1-3-5-4-2;6*1-2;;;;;;;;;;;;/h2*1-8H,9H2;4*1,4H2,2H3;6*1-2H3;2*1H3;;;;;;;;;;/q;;4*-1;;;;;;;2*-1;;;;;;;;;2*+2. The summed E-state index contributed by atoms with van der Waals surface area (Å²) in [4.78, 5) is 0. The Bertz CT molecular complexity index is 1470. The Labute approximate surface area is 583 Å². The number of hydrogen-bond acceptors (Lipinski definition) is 0. The minimum absolute atomic E-state index is 0. The summed E-state index contributed by atoms with van der Waals surface area (Å²) in [6.45, 7) is 45.2. The molecule has 4 aromatic carbocycles. The Morgan fingerprint density at radius 1 is 0.300 bits per heavy atom. The second-order valence-electron chi connectivity index (χ2n) is 9.81. The minimum Gasteiger partial charge on any atom is -0.358 e. The van der Waals surface area contributed by atoms with Gasteiger partial charge in [0.05, 0.1) is 0 Å². The molecule has 0 heterocycles. The molecule has 6 rings (SSSR count). The van der Waals surface area contributed by atoms with Crippen LogP contribution >= 0.6 is 0 Å². The second kappa shape index (κ2) is 111. The van der Waals surface area contributed by atoms with Crippen LogP contribution in [0.3, 0.4) is 0 Å². The average Bonchev–Trinajstić information content (AvgIpc) is 3.89. The van der Waals surface area contributed by atoms with Crippen LogP contribution in [0, 0.1) is 89.9 Å². The maximum absolute atomic E-state index is 3.31. The zero-order chi connectivity index (χ0) is 45.8. The zero-order valence-corrected chi connectivity index (χ0v) is 75.7. The Morgan fingerprint density at radius 3 is 0.529 bits per heavy atom. The van der Waals surface area contributed by atoms with E-state index in [0.29, 0.717) is 0 Å². The van der Waals surface area contributed by atoms with Gasteiger partial charge in [0, 0.05) is 169 Å². The molecular formula is C60H90W10-2. The van der Waals surface area contributed by atoms with E-state index in [1.807, 2.05) is 111 Å². The molecule has 10 heteroatoms. The molecule has 70 heavy (non-hydrogen) atoms. The van der Waals surface area contributed by atoms with Gasteiger partial charge >= 0.3 is 42.1 Å². The van der Waals surface area contributed by atoms with Gasteiger partial charge in [0.25, 0.3) is 0 Å². The van der Waals surface area contributed by atoms with Crippen molar-refractivity contribution in [2.75, 3.05) is 0 Å². The third-order valence-corrected chi connectivity index (χ3v) is 6.62. The van der Waals surface area contributed by atoms with Gasteiger partial charge in [0.2, 0.25) is 0 Å². The summed E-state index contributed by atoms with van der Waals surface area (Å²) in [5.41, 5.74) is 11.5. The Morgan fingerprint density at radius 2 is 0.429 bits per heavy atom. The fourth-order valence-electron chi connectivity index (χ4n) is 4.66. The van der Waals surface area contributed by atoms with Crippen molar-refractivity contribution in [3.8, 4) is 69.6 Å². The van der Waals surface area contributed by atoms with E-state index in [1.54, 1.807) is 0 Å². The van der Waals surface area contributed by atoms with Crippen LogP contribution in [0.25, 0.3) is 22.3 Å². The Kier molecular flexibility index (Phi) is 196. The quantitative estimate of drug-likeness (QED) is 0.105. The summed E-state index contributed by atoms with van der Waals surface area (Å²) in [7, 11) is 0. The van der Waals surface area contributed by atoms with Gasteiger partial charge in [-0.05, 0) is 57.3 Å². The molecular weight excluding hydrogens is 2560 g/mol. The molecule has 4 aromatic rings. The minimum atomic E-state index is 0. The summed E-state index contributed by atoms with van der Waals surface area (Å²) in [5.74, 6) is 21.1. The predicted octanol–water partition coefficient (Wildman–Crippen LogP) is 18.5. The van der Waals surface area contributed by atoms with Gasteiger partial charge in [0.15, 0.2) is 0 Å². The van der Waals surface area contributed by atoms with E-state index in [0.717, 1.165) is 38.5 Å². The molecule has 0 nitrogen and oxygen atoms in total. The van der Waals surface area contributed by atoms with E-state index in [-0.39, 0.29) is 226 Å². The maximum atomic E-state index is 3.31. The average molecular weight is 2650 g/mol. The Balaban J connectivity index is -0.0000000280. The number of fused-ring (bicyclic) bond motifs is 6. The largest absolute Gasteiger partial charge is 2.00 e. The SMILES string of the molecule is CC.CC.CC.CC.CC.CC.[CH2-]C#CCC.[CH2-]C#CCC.[CH2-]C#CCC.[CH2-]C#CCC.[CH3-].[CH3-].[W+2].[W+2].[W].[W].[W].[W].[W].[W].[W].[W].c1ccc2c(c1)Cc1ccccc1-2.c1ccc2c(c1)Cc1ccccc1-2. The molecule has 0 fully saturated rings. The van der Waals surface area contributed by atoms with Gasteiger partial charge in [-0.1, -0.05) is 234 Å². The molecule has 2 aliphatic rings. The van der Waals surface area contributed by atoms with Crippen molar-refractivity contribution in [2.24, 2.45) is 0 Å². The molecule has 0 bridgehead atoms. The van der Waals surface area contributed by atoms with Gasteiger partial charge in [-0.25, -0.2) is 0 Å². The van der Waals surface area contributed by atoms with Crippen LogP contribution < -0.4 is 0 Å². The van der Waals surface area contributed by atoms with Crippen molar-refractivity contribution in [3.05, 3.63) is 162 Å². The van der Waals surface area contributed by atoms with Crippen molar-refractivity contribution in [3.63, 3.8) is 0 Å². The van der Waals surface area contributed by atoms with E-state index < -0.39 is 0 Å². The maximum Gasteiger partial charge on any atom is 2.00 e. The van der Waals surface area contributed by atoms with Crippen molar-refractivity contribution < 1.29 is 211 Å². The number of benzene rings is 4. The normalized spacial score (nSPS) is 6.51. The zero-order valence-electron chi connectivity index (χ0n) is 46.4. The first-order valence-electron chi connectivity index (χ1n) is 21.9. The van der Waals surface area contributed by atoms with E-state index >= 15 is 0 Å². The monoisotopic (exact) mass is 2650 g/mol. The first kappa shape index (κ1) is 124. The first-order chi connectivity index (χ1) is 28.6. The fraction of sp³-hybridized carbons (Fsp3) is 0.367. The fourth-order valence-corrected chi connectivity index (χ4v) is 4.66. The van der Waals surface area contributed by atoms with E-state index in [1.165, 1.54) is 44.5 Å². The topological polar surface area (TPSA) is 0 Å². The van der Waals surface area contributed by atoms with Crippen LogP contribution in [0.4, 0.5) is 0 Å². The predicted molar refractivity (Wildman–Crippen MR) is 284 cm³/mol. The molecule has 0 atom stereocenters. The number of rotatable bonds is 0. The molecule has 0 spiro atoms. The van der Waals surface area contributed by atoms with E-state index in [2.05, 4.69) is 172 Å². The third kappa shape index (κ3) is 67.5. The van der Waals surface area contributed by atoms with Crippen LogP contribution in [0.2, 0.25) is 0 Å². The number of hydrogen-bond donors (Lipinski definition) is 0. The molecule has 0 radical (unpaired) electrons. The molecule has 0 unspecified atom stereocenters. The molecule has 0 amide bonds. The molecule has 392 valence electrons. The molecule has 0 saturated heterocycles. The van der Waals surface area contributed by atoms with Crippen molar-refractivity contribution in [1.82, 2.24) is 0 Å². The van der Waals surface area contributed by atoms with Crippen LogP contribution in [-0.2, 0) is 223 Å². The van der Waals surface area contributed by atoms with Crippen molar-refractivity contribution >= 4 is 0 Å². The van der Waals surface area contributed by atoms with Gasteiger partial charge in [-0.2, -0.15) is 27.7 Å². The first-order valence-corrected chi connectivity index (χ1v) is 21.9. The van der Waals surface area contributed by atoms with E-state index in [9.17, 15) is 0 Å². The van der Waals surface area contributed by atoms with Crippen molar-refractivity contribution in [2.45, 2.75) is 149 Å². The molecule has 0 aliphatic heterocycles. The molecule has 0 saturated carbocycles. The summed E-state index contributed by atoms with van der Waals surface area (Å²) < 4.78 is 0. The molecule has 0 N–H and O–H groups in total. The molecule has 0 aromatic heterocycles. The summed E-state index contributed by atoms with van der Waals surface area (Å²) in [5, 5.41) is 0. The smallest absolute Gasteiger partial charge is 0.358 e. The second-order valence-corrected chi connectivity index (χ2v) is 9.81. The molecule has 2 aliphatic carbocycles. The van der Waals surface area contributed by atoms with Crippen LogP contribution in [0.5, 0.6) is 0 Å². The van der Waals surface area contributed by atoms with Crippen LogP contribution in [0.15, 0.2) is 97.1 Å². The van der Waals surface area contributed by atoms with Crippen LogP contribution in [0.1, 0.15) is 159 Å². The summed E-state index contributed by atoms with van der Waals surface area (Å²) >= 11 is 0. The van der Waals surface area contributed by atoms with Gasteiger partial charge in [-0.15, -0.1) is 0 Å². The summed E-state index contributed by atoms with van der Waals surface area (Å²) in [6.07, 6.45) is 5.89. The van der Waals surface area contributed by atoms with E-state index in [4.69, 9.17) is 0 Å². The van der Waals surface area contributed by atoms with Gasteiger partial charge in [0.1, 0.15) is 0 Å². The summed E-state index contributed by atoms with van der Waals surface area (Å²) in [6, 6.07) is 34.6.